The lowest BCUT2D eigenvalue weighted by Crippen LogP contribution is -2.34. The minimum Gasteiger partial charge on any atom is -0.394 e. The highest BCUT2D eigenvalue weighted by Gasteiger charge is 2.04. The van der Waals surface area contributed by atoms with Crippen LogP contribution in [0, 0.1) is 0 Å². The van der Waals surface area contributed by atoms with Gasteiger partial charge in [-0.3, -0.25) is 4.79 Å². The van der Waals surface area contributed by atoms with Crippen LogP contribution in [0.25, 0.3) is 0 Å². The summed E-state index contributed by atoms with van der Waals surface area (Å²) in [5.41, 5.74) is 0. The molecule has 0 aromatic carbocycles. The highest BCUT2D eigenvalue weighted by atomic mass is 16.5. The van der Waals surface area contributed by atoms with E-state index in [0.717, 1.165) is 0 Å². The van der Waals surface area contributed by atoms with Gasteiger partial charge < -0.3 is 20.3 Å². The molecule has 0 saturated heterocycles. The van der Waals surface area contributed by atoms with Gasteiger partial charge in [0.1, 0.15) is 0 Å². The number of carbonyl (C=O) groups is 1. The second-order valence-corrected chi connectivity index (χ2v) is 2.38. The predicted molar refractivity (Wildman–Crippen MR) is 42.6 cm³/mol. The molecule has 5 nitrogen and oxygen atoms in total. The van der Waals surface area contributed by atoms with Crippen LogP contribution in [0.15, 0.2) is 0 Å². The van der Waals surface area contributed by atoms with Crippen LogP contribution in [0.1, 0.15) is 6.42 Å². The van der Waals surface area contributed by atoms with E-state index < -0.39 is 6.10 Å². The molecular formula is C7H15NO4. The van der Waals surface area contributed by atoms with Crippen molar-refractivity contribution in [3.8, 4) is 0 Å². The van der Waals surface area contributed by atoms with Crippen LogP contribution in [0.2, 0.25) is 0 Å². The Morgan fingerprint density at radius 1 is 1.67 bits per heavy atom. The van der Waals surface area contributed by atoms with E-state index in [1.165, 1.54) is 7.11 Å². The average molecular weight is 177 g/mol. The van der Waals surface area contributed by atoms with E-state index in [9.17, 15) is 4.79 Å². The summed E-state index contributed by atoms with van der Waals surface area (Å²) in [7, 11) is 1.51. The van der Waals surface area contributed by atoms with Crippen molar-refractivity contribution >= 4 is 5.91 Å². The van der Waals surface area contributed by atoms with Crippen molar-refractivity contribution in [1.82, 2.24) is 5.32 Å². The molecule has 72 valence electrons. The molecule has 0 aliphatic rings. The van der Waals surface area contributed by atoms with Gasteiger partial charge in [-0.1, -0.05) is 0 Å². The van der Waals surface area contributed by atoms with Crippen molar-refractivity contribution in [2.75, 3.05) is 26.9 Å². The number of aliphatic hydroxyl groups is 2. The molecule has 12 heavy (non-hydrogen) atoms. The molecule has 0 aliphatic carbocycles. The van der Waals surface area contributed by atoms with Gasteiger partial charge in [0.15, 0.2) is 0 Å². The third-order valence-corrected chi connectivity index (χ3v) is 1.28. The standard InChI is InChI=1S/C7H15NO4/c1-12-3-2-7(11)8-4-6(10)5-9/h6,9-10H,2-5H2,1H3,(H,8,11). The van der Waals surface area contributed by atoms with E-state index in [-0.39, 0.29) is 25.5 Å². The van der Waals surface area contributed by atoms with Gasteiger partial charge in [0.2, 0.25) is 5.91 Å². The van der Waals surface area contributed by atoms with E-state index in [4.69, 9.17) is 10.2 Å². The molecule has 0 radical (unpaired) electrons. The SMILES string of the molecule is COCCC(=O)NCC(O)CO. The van der Waals surface area contributed by atoms with Gasteiger partial charge in [-0.2, -0.15) is 0 Å². The highest BCUT2D eigenvalue weighted by molar-refractivity contribution is 5.75. The Morgan fingerprint density at radius 3 is 2.83 bits per heavy atom. The number of ether oxygens (including phenoxy) is 1. The largest absolute Gasteiger partial charge is 0.394 e. The Bertz CT molecular complexity index is 129. The van der Waals surface area contributed by atoms with Crippen LogP contribution in [0.3, 0.4) is 0 Å². The Labute approximate surface area is 71.3 Å². The highest BCUT2D eigenvalue weighted by Crippen LogP contribution is 1.82. The zero-order valence-corrected chi connectivity index (χ0v) is 7.12. The van der Waals surface area contributed by atoms with E-state index in [0.29, 0.717) is 6.61 Å². The van der Waals surface area contributed by atoms with Crippen molar-refractivity contribution in [2.45, 2.75) is 12.5 Å². The second kappa shape index (κ2) is 7.02. The summed E-state index contributed by atoms with van der Waals surface area (Å²) < 4.78 is 4.67. The van der Waals surface area contributed by atoms with Gasteiger partial charge in [0.25, 0.3) is 0 Å². The van der Waals surface area contributed by atoms with Gasteiger partial charge in [-0.05, 0) is 0 Å². The minimum absolute atomic E-state index is 0.0824. The maximum absolute atomic E-state index is 10.8. The van der Waals surface area contributed by atoms with E-state index in [1.807, 2.05) is 0 Å². The van der Waals surface area contributed by atoms with Crippen molar-refractivity contribution in [3.63, 3.8) is 0 Å². The topological polar surface area (TPSA) is 78.8 Å². The van der Waals surface area contributed by atoms with Crippen LogP contribution in [-0.4, -0.2) is 49.1 Å². The number of rotatable bonds is 6. The molecule has 0 rings (SSSR count). The normalized spacial score (nSPS) is 12.6. The number of amides is 1. The Balaban J connectivity index is 3.31. The van der Waals surface area contributed by atoms with E-state index in [2.05, 4.69) is 10.1 Å². The summed E-state index contributed by atoms with van der Waals surface area (Å²) in [4.78, 5) is 10.8. The van der Waals surface area contributed by atoms with Crippen molar-refractivity contribution in [1.29, 1.82) is 0 Å². The van der Waals surface area contributed by atoms with Crippen LogP contribution < -0.4 is 5.32 Å². The van der Waals surface area contributed by atoms with Gasteiger partial charge in [-0.15, -0.1) is 0 Å². The number of hydrogen-bond acceptors (Lipinski definition) is 4. The lowest BCUT2D eigenvalue weighted by Gasteiger charge is -2.08. The van der Waals surface area contributed by atoms with Crippen LogP contribution in [0.4, 0.5) is 0 Å². The first kappa shape index (κ1) is 11.4. The maximum Gasteiger partial charge on any atom is 0.222 e. The fourth-order valence-corrected chi connectivity index (χ4v) is 0.579. The Hall–Kier alpha value is -0.650. The van der Waals surface area contributed by atoms with Crippen molar-refractivity contribution < 1.29 is 19.7 Å². The molecule has 0 fully saturated rings. The van der Waals surface area contributed by atoms with Gasteiger partial charge in [-0.25, -0.2) is 0 Å². The van der Waals surface area contributed by atoms with Crippen LogP contribution >= 0.6 is 0 Å². The summed E-state index contributed by atoms with van der Waals surface area (Å²) in [6.45, 7) is 0.102. The number of carbonyl (C=O) groups excluding carboxylic acids is 1. The van der Waals surface area contributed by atoms with Gasteiger partial charge in [0, 0.05) is 20.1 Å². The molecule has 0 aromatic heterocycles. The zero-order chi connectivity index (χ0) is 9.40. The summed E-state index contributed by atoms with van der Waals surface area (Å²) in [5.74, 6) is -0.190. The average Bonchev–Trinajstić information content (AvgIpc) is 2.10. The van der Waals surface area contributed by atoms with Crippen LogP contribution in [0.5, 0.6) is 0 Å². The van der Waals surface area contributed by atoms with Crippen LogP contribution in [-0.2, 0) is 9.53 Å². The fraction of sp³-hybridized carbons (Fsp3) is 0.857. The summed E-state index contributed by atoms with van der Waals surface area (Å²) in [6, 6.07) is 0. The molecule has 0 heterocycles. The summed E-state index contributed by atoms with van der Waals surface area (Å²) in [5, 5.41) is 19.7. The number of hydrogen-bond donors (Lipinski definition) is 3. The maximum atomic E-state index is 10.8. The molecular weight excluding hydrogens is 162 g/mol. The smallest absolute Gasteiger partial charge is 0.222 e. The van der Waals surface area contributed by atoms with Gasteiger partial charge in [0.05, 0.1) is 19.3 Å². The molecule has 0 aliphatic heterocycles. The molecule has 1 atom stereocenters. The molecule has 0 saturated carbocycles. The number of aliphatic hydroxyl groups excluding tert-OH is 2. The Morgan fingerprint density at radius 2 is 2.33 bits per heavy atom. The summed E-state index contributed by atoms with van der Waals surface area (Å²) in [6.07, 6.45) is -0.606. The molecule has 5 heteroatoms. The molecule has 0 bridgehead atoms. The van der Waals surface area contributed by atoms with Crippen molar-refractivity contribution in [2.24, 2.45) is 0 Å². The van der Waals surface area contributed by atoms with E-state index >= 15 is 0 Å². The molecule has 1 amide bonds. The third kappa shape index (κ3) is 6.09. The Kier molecular flexibility index (Phi) is 6.64. The van der Waals surface area contributed by atoms with Crippen molar-refractivity contribution in [3.05, 3.63) is 0 Å². The monoisotopic (exact) mass is 177 g/mol. The lowest BCUT2D eigenvalue weighted by atomic mass is 10.3. The zero-order valence-electron chi connectivity index (χ0n) is 7.12. The number of nitrogens with one attached hydrogen (secondary N) is 1. The molecule has 0 aromatic rings. The fourth-order valence-electron chi connectivity index (χ4n) is 0.579. The number of methoxy groups -OCH3 is 1. The molecule has 1 unspecified atom stereocenters. The van der Waals surface area contributed by atoms with E-state index in [1.54, 1.807) is 0 Å². The lowest BCUT2D eigenvalue weighted by molar-refractivity contribution is -0.122. The molecule has 0 spiro atoms. The summed E-state index contributed by atoms with van der Waals surface area (Å²) >= 11 is 0. The van der Waals surface area contributed by atoms with Gasteiger partial charge >= 0.3 is 0 Å². The first-order valence-corrected chi connectivity index (χ1v) is 3.75. The third-order valence-electron chi connectivity index (χ3n) is 1.28. The quantitative estimate of drug-likeness (QED) is 0.461. The second-order valence-electron chi connectivity index (χ2n) is 2.38. The molecule has 3 N–H and O–H groups in total. The predicted octanol–water partition coefficient (Wildman–Crippen LogP) is -1.51. The first-order valence-electron chi connectivity index (χ1n) is 3.75. The minimum atomic E-state index is -0.878. The first-order chi connectivity index (χ1) is 5.70.